The van der Waals surface area contributed by atoms with E-state index in [0.29, 0.717) is 24.8 Å². The number of rotatable bonds is 4. The fraction of sp³-hybridized carbons (Fsp3) is 0.545. The predicted octanol–water partition coefficient (Wildman–Crippen LogP) is 0.704. The third-order valence-corrected chi connectivity index (χ3v) is 2.95. The van der Waals surface area contributed by atoms with E-state index in [1.54, 1.807) is 4.90 Å². The Morgan fingerprint density at radius 3 is 2.89 bits per heavy atom. The van der Waals surface area contributed by atoms with Crippen LogP contribution in [0.5, 0.6) is 11.8 Å². The number of methoxy groups -OCH3 is 1. The number of hydrogen-bond donors (Lipinski definition) is 0. The molecular weight excluding hydrogens is 258 g/mol. The van der Waals surface area contributed by atoms with Crippen LogP contribution in [0.1, 0.15) is 6.42 Å². The Hall–Kier alpha value is -1.56. The summed E-state index contributed by atoms with van der Waals surface area (Å²) in [6, 6.07) is 0. The van der Waals surface area contributed by atoms with E-state index >= 15 is 0 Å². The minimum absolute atomic E-state index is 0.00117. The molecule has 1 saturated heterocycles. The molecule has 1 aliphatic rings. The molecule has 18 heavy (non-hydrogen) atoms. The maximum Gasteiger partial charge on any atom is 0.278 e. The molecule has 1 unspecified atom stereocenters. The summed E-state index contributed by atoms with van der Waals surface area (Å²) in [6.45, 7) is 1.17. The summed E-state index contributed by atoms with van der Waals surface area (Å²) < 4.78 is 10.7. The minimum atomic E-state index is -0.0947. The summed E-state index contributed by atoms with van der Waals surface area (Å²) >= 11 is 5.51. The van der Waals surface area contributed by atoms with Crippen LogP contribution >= 0.6 is 11.6 Å². The molecule has 0 N–H and O–H groups in total. The first kappa shape index (κ1) is 12.9. The fourth-order valence-corrected chi connectivity index (χ4v) is 2.00. The molecule has 6 nitrogen and oxygen atoms in total. The molecule has 0 bridgehead atoms. The summed E-state index contributed by atoms with van der Waals surface area (Å²) in [4.78, 5) is 21.2. The van der Waals surface area contributed by atoms with Gasteiger partial charge in [-0.1, -0.05) is 0 Å². The van der Waals surface area contributed by atoms with Gasteiger partial charge in [-0.25, -0.2) is 9.97 Å². The van der Waals surface area contributed by atoms with Crippen LogP contribution in [0.25, 0.3) is 0 Å². The monoisotopic (exact) mass is 271 g/mol. The molecule has 0 saturated carbocycles. The molecule has 1 aromatic rings. The van der Waals surface area contributed by atoms with Gasteiger partial charge in [-0.2, -0.15) is 0 Å². The van der Waals surface area contributed by atoms with E-state index in [9.17, 15) is 4.79 Å². The molecule has 1 aromatic heterocycles. The van der Waals surface area contributed by atoms with Crippen LogP contribution in [0.3, 0.4) is 0 Å². The predicted molar refractivity (Wildman–Crippen MR) is 64.9 cm³/mol. The van der Waals surface area contributed by atoms with Crippen molar-refractivity contribution in [1.82, 2.24) is 14.9 Å². The first-order valence-electron chi connectivity index (χ1n) is 5.60. The van der Waals surface area contributed by atoms with Gasteiger partial charge in [0.25, 0.3) is 11.8 Å². The molecule has 0 radical (unpaired) electrons. The van der Waals surface area contributed by atoms with Crippen LogP contribution in [0.2, 0.25) is 0 Å². The number of carbonyl (C=O) groups excluding carboxylic acids is 1. The van der Waals surface area contributed by atoms with Crippen molar-refractivity contribution in [3.8, 4) is 11.8 Å². The fourth-order valence-electron chi connectivity index (χ4n) is 1.83. The summed E-state index contributed by atoms with van der Waals surface area (Å²) in [5.74, 6) is 0.625. The lowest BCUT2D eigenvalue weighted by Gasteiger charge is -2.16. The molecule has 2 heterocycles. The van der Waals surface area contributed by atoms with Crippen LogP contribution in [-0.2, 0) is 4.79 Å². The number of ether oxygens (including phenoxy) is 2. The maximum atomic E-state index is 11.4. The lowest BCUT2D eigenvalue weighted by Crippen LogP contribution is -2.31. The SMILES string of the molecule is COc1nccnc1OC1CCN(C(=O)CCl)C1. The van der Waals surface area contributed by atoms with Crippen molar-refractivity contribution in [1.29, 1.82) is 0 Å². The van der Waals surface area contributed by atoms with Gasteiger partial charge < -0.3 is 14.4 Å². The average molecular weight is 272 g/mol. The van der Waals surface area contributed by atoms with Gasteiger partial charge in [-0.15, -0.1) is 11.6 Å². The Labute approximate surface area is 110 Å². The molecule has 98 valence electrons. The van der Waals surface area contributed by atoms with Crippen molar-refractivity contribution in [2.24, 2.45) is 0 Å². The average Bonchev–Trinajstić information content (AvgIpc) is 2.87. The Balaban J connectivity index is 1.97. The largest absolute Gasteiger partial charge is 0.477 e. The van der Waals surface area contributed by atoms with Crippen LogP contribution in [-0.4, -0.2) is 53.0 Å². The van der Waals surface area contributed by atoms with E-state index in [-0.39, 0.29) is 17.9 Å². The highest BCUT2D eigenvalue weighted by Crippen LogP contribution is 2.23. The highest BCUT2D eigenvalue weighted by Gasteiger charge is 2.28. The van der Waals surface area contributed by atoms with Crippen molar-refractivity contribution >= 4 is 17.5 Å². The van der Waals surface area contributed by atoms with Gasteiger partial charge in [0.05, 0.1) is 13.7 Å². The highest BCUT2D eigenvalue weighted by atomic mass is 35.5. The maximum absolute atomic E-state index is 11.4. The second-order valence-electron chi connectivity index (χ2n) is 3.87. The molecule has 1 fully saturated rings. The number of hydrogen-bond acceptors (Lipinski definition) is 5. The Morgan fingerprint density at radius 2 is 2.22 bits per heavy atom. The van der Waals surface area contributed by atoms with Crippen molar-refractivity contribution < 1.29 is 14.3 Å². The van der Waals surface area contributed by atoms with Crippen LogP contribution in [0.15, 0.2) is 12.4 Å². The third-order valence-electron chi connectivity index (χ3n) is 2.72. The Bertz CT molecular complexity index is 430. The van der Waals surface area contributed by atoms with Crippen molar-refractivity contribution in [3.05, 3.63) is 12.4 Å². The summed E-state index contributed by atoms with van der Waals surface area (Å²) in [5, 5.41) is 0. The second kappa shape index (κ2) is 5.86. The van der Waals surface area contributed by atoms with Gasteiger partial charge in [0.15, 0.2) is 0 Å². The molecule has 0 aromatic carbocycles. The highest BCUT2D eigenvalue weighted by molar-refractivity contribution is 6.27. The van der Waals surface area contributed by atoms with E-state index < -0.39 is 0 Å². The van der Waals surface area contributed by atoms with E-state index in [2.05, 4.69) is 9.97 Å². The number of likely N-dealkylation sites (tertiary alicyclic amines) is 1. The van der Waals surface area contributed by atoms with Crippen LogP contribution < -0.4 is 9.47 Å². The van der Waals surface area contributed by atoms with Gasteiger partial charge in [0, 0.05) is 25.4 Å². The zero-order valence-electron chi connectivity index (χ0n) is 10.0. The standard InChI is InChI=1S/C11H14ClN3O3/c1-17-10-11(14-4-3-13-10)18-8-2-5-15(7-8)9(16)6-12/h3-4,8H,2,5-7H2,1H3. The molecule has 1 atom stereocenters. The first-order chi connectivity index (χ1) is 8.74. The number of nitrogens with zero attached hydrogens (tertiary/aromatic N) is 3. The van der Waals surface area contributed by atoms with Crippen molar-refractivity contribution in [2.45, 2.75) is 12.5 Å². The minimum Gasteiger partial charge on any atom is -0.477 e. The number of halogens is 1. The molecule has 1 amide bonds. The first-order valence-corrected chi connectivity index (χ1v) is 6.13. The molecule has 1 aliphatic heterocycles. The smallest absolute Gasteiger partial charge is 0.278 e. The van der Waals surface area contributed by atoms with Gasteiger partial charge in [0.1, 0.15) is 12.0 Å². The quantitative estimate of drug-likeness (QED) is 0.755. The summed E-state index contributed by atoms with van der Waals surface area (Å²) in [6.07, 6.45) is 3.73. The van der Waals surface area contributed by atoms with Crippen molar-refractivity contribution in [2.75, 3.05) is 26.1 Å². The molecular formula is C11H14ClN3O3. The Morgan fingerprint density at radius 1 is 1.50 bits per heavy atom. The van der Waals surface area contributed by atoms with Gasteiger partial charge >= 0.3 is 0 Å². The summed E-state index contributed by atoms with van der Waals surface area (Å²) in [5.41, 5.74) is 0. The zero-order chi connectivity index (χ0) is 13.0. The number of amides is 1. The molecule has 2 rings (SSSR count). The lowest BCUT2D eigenvalue weighted by molar-refractivity contribution is -0.127. The van der Waals surface area contributed by atoms with E-state index in [1.165, 1.54) is 19.5 Å². The van der Waals surface area contributed by atoms with Crippen LogP contribution in [0, 0.1) is 0 Å². The van der Waals surface area contributed by atoms with Gasteiger partial charge in [-0.05, 0) is 0 Å². The van der Waals surface area contributed by atoms with E-state index in [0.717, 1.165) is 6.42 Å². The zero-order valence-corrected chi connectivity index (χ0v) is 10.8. The number of aromatic nitrogens is 2. The Kier molecular flexibility index (Phi) is 4.19. The second-order valence-corrected chi connectivity index (χ2v) is 4.14. The lowest BCUT2D eigenvalue weighted by atomic mass is 10.3. The molecule has 7 heteroatoms. The van der Waals surface area contributed by atoms with Gasteiger partial charge in [0.2, 0.25) is 5.91 Å². The topological polar surface area (TPSA) is 64.6 Å². The number of alkyl halides is 1. The third kappa shape index (κ3) is 2.81. The van der Waals surface area contributed by atoms with Gasteiger partial charge in [-0.3, -0.25) is 4.79 Å². The summed E-state index contributed by atoms with van der Waals surface area (Å²) in [7, 11) is 1.51. The van der Waals surface area contributed by atoms with E-state index in [4.69, 9.17) is 21.1 Å². The molecule has 0 spiro atoms. The van der Waals surface area contributed by atoms with Crippen LogP contribution in [0.4, 0.5) is 0 Å². The van der Waals surface area contributed by atoms with E-state index in [1.807, 2.05) is 0 Å². The van der Waals surface area contributed by atoms with Crippen molar-refractivity contribution in [3.63, 3.8) is 0 Å². The molecule has 0 aliphatic carbocycles. The normalized spacial score (nSPS) is 18.8. The number of carbonyl (C=O) groups is 1.